The lowest BCUT2D eigenvalue weighted by Gasteiger charge is -2.07. The summed E-state index contributed by atoms with van der Waals surface area (Å²) in [7, 11) is 0. The van der Waals surface area contributed by atoms with Crippen molar-refractivity contribution in [2.75, 3.05) is 6.54 Å². The molecule has 0 atom stereocenters. The molecule has 2 N–H and O–H groups in total. The fourth-order valence-electron chi connectivity index (χ4n) is 1.62. The molecule has 96 valence electrons. The molecule has 3 nitrogen and oxygen atoms in total. The molecule has 0 unspecified atom stereocenters. The summed E-state index contributed by atoms with van der Waals surface area (Å²) in [6.07, 6.45) is -1.53. The minimum Gasteiger partial charge on any atom is -0.330 e. The lowest BCUT2D eigenvalue weighted by Crippen LogP contribution is -2.06. The van der Waals surface area contributed by atoms with Crippen LogP contribution >= 0.6 is 0 Å². The average Bonchev–Trinajstić information content (AvgIpc) is 2.34. The van der Waals surface area contributed by atoms with Gasteiger partial charge in [-0.3, -0.25) is 0 Å². The number of nitrogens with zero attached hydrogens (tertiary/aromatic N) is 2. The van der Waals surface area contributed by atoms with Gasteiger partial charge >= 0.3 is 6.18 Å². The molecule has 0 spiro atoms. The lowest BCUT2D eigenvalue weighted by atomic mass is 10.1. The van der Waals surface area contributed by atoms with Gasteiger partial charge in [-0.25, -0.2) is 9.97 Å². The van der Waals surface area contributed by atoms with Crippen LogP contribution in [-0.4, -0.2) is 16.5 Å². The average molecular weight is 255 g/mol. The minimum atomic E-state index is -4.35. The zero-order chi connectivity index (χ0) is 13.2. The molecule has 0 amide bonds. The Morgan fingerprint density at radius 2 is 2.00 bits per heavy atom. The number of aromatic nitrogens is 2. The van der Waals surface area contributed by atoms with E-state index in [0.717, 1.165) is 12.1 Å². The summed E-state index contributed by atoms with van der Waals surface area (Å²) >= 11 is 0. The van der Waals surface area contributed by atoms with Gasteiger partial charge in [0.05, 0.1) is 11.1 Å². The van der Waals surface area contributed by atoms with E-state index < -0.39 is 11.7 Å². The second-order valence-electron chi connectivity index (χ2n) is 3.95. The fraction of sp³-hybridized carbons (Fsp3) is 0.333. The highest BCUT2D eigenvalue weighted by Crippen LogP contribution is 2.30. The maximum Gasteiger partial charge on any atom is 0.416 e. The Bertz CT molecular complexity index is 552. The predicted molar refractivity (Wildman–Crippen MR) is 61.9 cm³/mol. The Labute approximate surface area is 102 Å². The van der Waals surface area contributed by atoms with Crippen LogP contribution in [0.25, 0.3) is 10.9 Å². The van der Waals surface area contributed by atoms with Gasteiger partial charge in [-0.1, -0.05) is 6.07 Å². The van der Waals surface area contributed by atoms with E-state index >= 15 is 0 Å². The third-order valence-electron chi connectivity index (χ3n) is 2.56. The zero-order valence-electron chi connectivity index (χ0n) is 9.54. The molecule has 18 heavy (non-hydrogen) atoms. The molecular formula is C12H12F3N3. The van der Waals surface area contributed by atoms with Gasteiger partial charge in [-0.15, -0.1) is 0 Å². The molecule has 2 aromatic rings. The van der Waals surface area contributed by atoms with E-state index in [2.05, 4.69) is 9.97 Å². The maximum atomic E-state index is 12.6. The second-order valence-corrected chi connectivity index (χ2v) is 3.95. The Balaban J connectivity index is 2.40. The van der Waals surface area contributed by atoms with Crippen LogP contribution in [-0.2, 0) is 12.6 Å². The van der Waals surface area contributed by atoms with Crippen LogP contribution in [0.2, 0.25) is 0 Å². The summed E-state index contributed by atoms with van der Waals surface area (Å²) in [4.78, 5) is 8.21. The van der Waals surface area contributed by atoms with Crippen LogP contribution in [0.15, 0.2) is 24.4 Å². The largest absolute Gasteiger partial charge is 0.416 e. The van der Waals surface area contributed by atoms with Gasteiger partial charge in [0.1, 0.15) is 5.82 Å². The zero-order valence-corrected chi connectivity index (χ0v) is 9.54. The molecule has 0 bridgehead atoms. The lowest BCUT2D eigenvalue weighted by molar-refractivity contribution is -0.137. The molecule has 0 radical (unpaired) electrons. The van der Waals surface area contributed by atoms with Crippen LogP contribution in [0.4, 0.5) is 13.2 Å². The fourth-order valence-corrected chi connectivity index (χ4v) is 1.62. The topological polar surface area (TPSA) is 51.8 Å². The van der Waals surface area contributed by atoms with Crippen molar-refractivity contribution in [1.29, 1.82) is 0 Å². The van der Waals surface area contributed by atoms with Crippen molar-refractivity contribution >= 4 is 10.9 Å². The highest BCUT2D eigenvalue weighted by atomic mass is 19.4. The van der Waals surface area contributed by atoms with Gasteiger partial charge in [0.25, 0.3) is 0 Å². The van der Waals surface area contributed by atoms with Gasteiger partial charge in [-0.2, -0.15) is 13.2 Å². The summed E-state index contributed by atoms with van der Waals surface area (Å²) in [5.74, 6) is 0.521. The number of aryl methyl sites for hydroxylation is 1. The number of rotatable bonds is 3. The van der Waals surface area contributed by atoms with Crippen LogP contribution in [0, 0.1) is 0 Å². The minimum absolute atomic E-state index is 0.312. The maximum absolute atomic E-state index is 12.6. The van der Waals surface area contributed by atoms with Gasteiger partial charge in [0.15, 0.2) is 0 Å². The molecule has 1 aromatic carbocycles. The standard InChI is InChI=1S/C12H12F3N3/c13-12(14,15)9-4-3-8-7-17-11(2-1-5-16)18-10(8)6-9/h3-4,6-7H,1-2,5,16H2. The van der Waals surface area contributed by atoms with Gasteiger partial charge in [-0.05, 0) is 25.1 Å². The second kappa shape index (κ2) is 4.89. The van der Waals surface area contributed by atoms with E-state index in [1.54, 1.807) is 0 Å². The van der Waals surface area contributed by atoms with Gasteiger partial charge < -0.3 is 5.73 Å². The van der Waals surface area contributed by atoms with Gasteiger partial charge in [0, 0.05) is 18.0 Å². The summed E-state index contributed by atoms with van der Waals surface area (Å²) in [5, 5.41) is 0.597. The summed E-state index contributed by atoms with van der Waals surface area (Å²) in [6.45, 7) is 0.504. The number of nitrogens with two attached hydrogens (primary N) is 1. The van der Waals surface area contributed by atoms with Crippen molar-refractivity contribution < 1.29 is 13.2 Å². The smallest absolute Gasteiger partial charge is 0.330 e. The molecule has 0 saturated heterocycles. The highest BCUT2D eigenvalue weighted by Gasteiger charge is 2.30. The molecule has 6 heteroatoms. The number of hydrogen-bond acceptors (Lipinski definition) is 3. The van der Waals surface area contributed by atoms with Crippen molar-refractivity contribution in [3.8, 4) is 0 Å². The van der Waals surface area contributed by atoms with Crippen molar-refractivity contribution in [3.63, 3.8) is 0 Å². The van der Waals surface area contributed by atoms with Crippen LogP contribution in [0.5, 0.6) is 0 Å². The third kappa shape index (κ3) is 2.76. The highest BCUT2D eigenvalue weighted by molar-refractivity contribution is 5.78. The molecule has 0 aliphatic heterocycles. The number of alkyl halides is 3. The summed E-state index contributed by atoms with van der Waals surface area (Å²) < 4.78 is 37.7. The van der Waals surface area contributed by atoms with E-state index in [4.69, 9.17) is 5.73 Å². The van der Waals surface area contributed by atoms with E-state index in [0.29, 0.717) is 36.1 Å². The van der Waals surface area contributed by atoms with Crippen molar-refractivity contribution in [2.45, 2.75) is 19.0 Å². The molecule has 0 aliphatic rings. The van der Waals surface area contributed by atoms with E-state index in [-0.39, 0.29) is 0 Å². The van der Waals surface area contributed by atoms with E-state index in [1.165, 1.54) is 12.3 Å². The quantitative estimate of drug-likeness (QED) is 0.916. The molecule has 2 rings (SSSR count). The van der Waals surface area contributed by atoms with Gasteiger partial charge in [0.2, 0.25) is 0 Å². The molecule has 0 fully saturated rings. The molecule has 0 aliphatic carbocycles. The predicted octanol–water partition coefficient (Wildman–Crippen LogP) is 2.54. The molecular weight excluding hydrogens is 243 g/mol. The van der Waals surface area contributed by atoms with Crippen LogP contribution in [0.3, 0.4) is 0 Å². The number of halogens is 3. The number of benzene rings is 1. The number of fused-ring (bicyclic) bond motifs is 1. The number of hydrogen-bond donors (Lipinski definition) is 1. The van der Waals surface area contributed by atoms with E-state index in [1.807, 2.05) is 0 Å². The van der Waals surface area contributed by atoms with Crippen molar-refractivity contribution in [2.24, 2.45) is 5.73 Å². The van der Waals surface area contributed by atoms with Crippen molar-refractivity contribution in [1.82, 2.24) is 9.97 Å². The normalized spacial score (nSPS) is 12.0. The SMILES string of the molecule is NCCCc1ncc2ccc(C(F)(F)F)cc2n1. The van der Waals surface area contributed by atoms with Crippen molar-refractivity contribution in [3.05, 3.63) is 35.8 Å². The van der Waals surface area contributed by atoms with Crippen LogP contribution < -0.4 is 5.73 Å². The van der Waals surface area contributed by atoms with E-state index in [9.17, 15) is 13.2 Å². The summed E-state index contributed by atoms with van der Waals surface area (Å²) in [6, 6.07) is 3.46. The molecule has 1 aromatic heterocycles. The first kappa shape index (κ1) is 12.8. The Kier molecular flexibility index (Phi) is 3.47. The van der Waals surface area contributed by atoms with Crippen LogP contribution in [0.1, 0.15) is 17.8 Å². The molecule has 0 saturated carbocycles. The first-order valence-electron chi connectivity index (χ1n) is 5.53. The first-order chi connectivity index (χ1) is 8.50. The molecule has 1 heterocycles. The summed E-state index contributed by atoms with van der Waals surface area (Å²) in [5.41, 5.74) is 4.98. The third-order valence-corrected chi connectivity index (χ3v) is 2.56. The first-order valence-corrected chi connectivity index (χ1v) is 5.53. The monoisotopic (exact) mass is 255 g/mol. The Hall–Kier alpha value is -1.69. The Morgan fingerprint density at radius 3 is 2.67 bits per heavy atom. The Morgan fingerprint density at radius 1 is 1.22 bits per heavy atom.